The van der Waals surface area contributed by atoms with E-state index in [4.69, 9.17) is 8.83 Å². The normalized spacial score (nSPS) is 13.0. The van der Waals surface area contributed by atoms with Crippen LogP contribution in [0.4, 0.5) is 17.1 Å². The Hall–Kier alpha value is -8.66. The van der Waals surface area contributed by atoms with Gasteiger partial charge in [-0.1, -0.05) is 172 Å². The zero-order chi connectivity index (χ0) is 45.1. The summed E-state index contributed by atoms with van der Waals surface area (Å²) >= 11 is 0. The maximum atomic E-state index is 7.13. The lowest BCUT2D eigenvalue weighted by molar-refractivity contribution is 0.660. The van der Waals surface area contributed by atoms with Crippen molar-refractivity contribution in [3.63, 3.8) is 0 Å². The molecule has 2 heterocycles. The van der Waals surface area contributed by atoms with Crippen LogP contribution in [-0.2, 0) is 5.41 Å². The molecule has 0 N–H and O–H groups in total. The number of para-hydroxylation sites is 1. The minimum absolute atomic E-state index is 0.133. The number of furan rings is 2. The number of nitrogens with zero attached hydrogens (tertiary/aromatic N) is 1. The lowest BCUT2D eigenvalue weighted by atomic mass is 9.82. The van der Waals surface area contributed by atoms with Crippen LogP contribution in [-0.4, -0.2) is 0 Å². The average molecular weight is 870 g/mol. The molecule has 0 bridgehead atoms. The van der Waals surface area contributed by atoms with Gasteiger partial charge in [-0.2, -0.15) is 0 Å². The molecule has 68 heavy (non-hydrogen) atoms. The molecule has 11 aromatic carbocycles. The van der Waals surface area contributed by atoms with E-state index in [1.54, 1.807) is 0 Å². The molecule has 0 unspecified atom stereocenters. The molecule has 0 radical (unpaired) electrons. The molecule has 0 saturated carbocycles. The van der Waals surface area contributed by atoms with Crippen LogP contribution in [0.5, 0.6) is 0 Å². The molecule has 1 aliphatic rings. The fourth-order valence-electron chi connectivity index (χ4n) is 11.4. The molecule has 13 aromatic rings. The van der Waals surface area contributed by atoms with Crippen molar-refractivity contribution in [3.8, 4) is 44.5 Å². The summed E-state index contributed by atoms with van der Waals surface area (Å²) in [6.07, 6.45) is 0. The number of hydrogen-bond acceptors (Lipinski definition) is 3. The van der Waals surface area contributed by atoms with Gasteiger partial charge in [-0.05, 0) is 138 Å². The van der Waals surface area contributed by atoms with Crippen LogP contribution in [0.1, 0.15) is 25.0 Å². The van der Waals surface area contributed by atoms with Gasteiger partial charge in [-0.25, -0.2) is 0 Å². The van der Waals surface area contributed by atoms with Gasteiger partial charge in [0.1, 0.15) is 22.3 Å². The topological polar surface area (TPSA) is 29.5 Å². The Bertz CT molecular complexity index is 4150. The van der Waals surface area contributed by atoms with Crippen LogP contribution in [0.2, 0.25) is 0 Å². The summed E-state index contributed by atoms with van der Waals surface area (Å²) in [5.74, 6) is 0. The summed E-state index contributed by atoms with van der Waals surface area (Å²) in [5, 5.41) is 9.20. The Morgan fingerprint density at radius 2 is 0.897 bits per heavy atom. The monoisotopic (exact) mass is 869 g/mol. The second-order valence-electron chi connectivity index (χ2n) is 18.8. The highest BCUT2D eigenvalue weighted by molar-refractivity contribution is 6.30. The minimum atomic E-state index is -0.133. The van der Waals surface area contributed by atoms with Crippen molar-refractivity contribution in [1.29, 1.82) is 0 Å². The van der Waals surface area contributed by atoms with Crippen molar-refractivity contribution in [3.05, 3.63) is 236 Å². The molecule has 320 valence electrons. The van der Waals surface area contributed by atoms with E-state index in [-0.39, 0.29) is 5.41 Å². The molecule has 0 fully saturated rings. The second-order valence-corrected chi connectivity index (χ2v) is 18.8. The van der Waals surface area contributed by atoms with Crippen molar-refractivity contribution < 1.29 is 8.83 Å². The molecule has 2 aromatic heterocycles. The van der Waals surface area contributed by atoms with Crippen molar-refractivity contribution >= 4 is 82.5 Å². The van der Waals surface area contributed by atoms with E-state index in [9.17, 15) is 0 Å². The summed E-state index contributed by atoms with van der Waals surface area (Å²) in [6.45, 7) is 4.70. The molecule has 0 aliphatic heterocycles. The van der Waals surface area contributed by atoms with Crippen LogP contribution in [0.15, 0.2) is 233 Å². The van der Waals surface area contributed by atoms with E-state index in [2.05, 4.69) is 237 Å². The third kappa shape index (κ3) is 5.72. The zero-order valence-electron chi connectivity index (χ0n) is 37.6. The van der Waals surface area contributed by atoms with E-state index in [0.29, 0.717) is 0 Å². The molecule has 1 aliphatic carbocycles. The zero-order valence-corrected chi connectivity index (χ0v) is 37.6. The molecular formula is C65H43NO2. The van der Waals surface area contributed by atoms with Gasteiger partial charge in [-0.3, -0.25) is 0 Å². The van der Waals surface area contributed by atoms with E-state index in [0.717, 1.165) is 77.6 Å². The van der Waals surface area contributed by atoms with E-state index in [1.165, 1.54) is 60.5 Å². The highest BCUT2D eigenvalue weighted by Gasteiger charge is 2.36. The number of hydrogen-bond donors (Lipinski definition) is 0. The summed E-state index contributed by atoms with van der Waals surface area (Å²) in [7, 11) is 0. The predicted octanol–water partition coefficient (Wildman–Crippen LogP) is 18.6. The standard InChI is InChI=1S/C65H43NO2/c1-65(2)56-22-12-10-20-51(56)52-33-32-46(39-57(52)65)66(44-28-24-41(25-29-44)40-14-4-3-5-15-40)45-30-26-42(27-31-45)48-34-35-53(55-38-43-16-6-7-17-47(43)49-18-8-9-19-50(49)55)62-63-60(68-64(48)62)37-36-59-61(63)54-21-11-13-23-58(54)67-59/h3-39H,1-2H3. The fraction of sp³-hybridized carbons (Fsp3) is 0.0462. The summed E-state index contributed by atoms with van der Waals surface area (Å²) in [6, 6.07) is 81.3. The Balaban J connectivity index is 0.963. The molecular weight excluding hydrogens is 827 g/mol. The number of benzene rings is 11. The quantitative estimate of drug-likeness (QED) is 0.156. The highest BCUT2D eigenvalue weighted by atomic mass is 16.3. The first kappa shape index (κ1) is 38.6. The molecule has 3 nitrogen and oxygen atoms in total. The van der Waals surface area contributed by atoms with Crippen molar-refractivity contribution in [2.24, 2.45) is 0 Å². The van der Waals surface area contributed by atoms with Gasteiger partial charge < -0.3 is 13.7 Å². The molecule has 0 spiro atoms. The van der Waals surface area contributed by atoms with Crippen molar-refractivity contribution in [2.45, 2.75) is 19.3 Å². The lowest BCUT2D eigenvalue weighted by Crippen LogP contribution is -2.16. The largest absolute Gasteiger partial charge is 0.456 e. The number of anilines is 3. The van der Waals surface area contributed by atoms with Crippen LogP contribution in [0.3, 0.4) is 0 Å². The van der Waals surface area contributed by atoms with Crippen molar-refractivity contribution in [1.82, 2.24) is 0 Å². The minimum Gasteiger partial charge on any atom is -0.456 e. The van der Waals surface area contributed by atoms with Gasteiger partial charge in [0, 0.05) is 49.6 Å². The Morgan fingerprint density at radius 1 is 0.324 bits per heavy atom. The molecule has 0 amide bonds. The Morgan fingerprint density at radius 3 is 1.69 bits per heavy atom. The van der Waals surface area contributed by atoms with Crippen LogP contribution in [0.25, 0.3) is 110 Å². The maximum Gasteiger partial charge on any atom is 0.143 e. The highest BCUT2D eigenvalue weighted by Crippen LogP contribution is 2.52. The molecule has 3 heteroatoms. The van der Waals surface area contributed by atoms with Crippen molar-refractivity contribution in [2.75, 3.05) is 4.90 Å². The van der Waals surface area contributed by atoms with Gasteiger partial charge in [0.15, 0.2) is 0 Å². The SMILES string of the molecule is CC1(C)c2ccccc2-c2ccc(N(c3ccc(-c4ccccc4)cc3)c3ccc(-c4ccc(-c5cc6ccccc6c6ccccc56)c5c4oc4ccc6oc7ccccc7c6c45)cc3)cc21. The van der Waals surface area contributed by atoms with Crippen LogP contribution >= 0.6 is 0 Å². The first-order valence-corrected chi connectivity index (χ1v) is 23.5. The van der Waals surface area contributed by atoms with Crippen LogP contribution in [0, 0.1) is 0 Å². The van der Waals surface area contributed by atoms with Crippen LogP contribution < -0.4 is 4.90 Å². The Kier molecular flexibility index (Phi) is 8.33. The summed E-state index contributed by atoms with van der Waals surface area (Å²) in [5.41, 5.74) is 18.7. The maximum absolute atomic E-state index is 7.13. The average Bonchev–Trinajstić information content (AvgIpc) is 4.04. The summed E-state index contributed by atoms with van der Waals surface area (Å²) in [4.78, 5) is 2.39. The van der Waals surface area contributed by atoms with E-state index >= 15 is 0 Å². The van der Waals surface area contributed by atoms with Gasteiger partial charge in [-0.15, -0.1) is 0 Å². The third-order valence-corrected chi connectivity index (χ3v) is 14.7. The first-order valence-electron chi connectivity index (χ1n) is 23.5. The lowest BCUT2D eigenvalue weighted by Gasteiger charge is -2.28. The second kappa shape index (κ2) is 14.7. The predicted molar refractivity (Wildman–Crippen MR) is 285 cm³/mol. The van der Waals surface area contributed by atoms with E-state index < -0.39 is 0 Å². The molecule has 14 rings (SSSR count). The van der Waals surface area contributed by atoms with Gasteiger partial charge >= 0.3 is 0 Å². The number of fused-ring (bicyclic) bond motifs is 13. The van der Waals surface area contributed by atoms with Gasteiger partial charge in [0.2, 0.25) is 0 Å². The third-order valence-electron chi connectivity index (χ3n) is 14.7. The van der Waals surface area contributed by atoms with E-state index in [1.807, 2.05) is 6.07 Å². The summed E-state index contributed by atoms with van der Waals surface area (Å²) < 4.78 is 13.6. The fourth-order valence-corrected chi connectivity index (χ4v) is 11.4. The number of rotatable bonds is 6. The first-order chi connectivity index (χ1) is 33.5. The smallest absolute Gasteiger partial charge is 0.143 e. The molecule has 0 saturated heterocycles. The Labute approximate surface area is 393 Å². The van der Waals surface area contributed by atoms with Gasteiger partial charge in [0.05, 0.1) is 0 Å². The van der Waals surface area contributed by atoms with Gasteiger partial charge in [0.25, 0.3) is 0 Å². The molecule has 0 atom stereocenters.